The minimum Gasteiger partial charge on any atom is -0.357 e. The normalized spacial score (nSPS) is 10.9. The van der Waals surface area contributed by atoms with Gasteiger partial charge in [0, 0.05) is 13.1 Å². The van der Waals surface area contributed by atoms with Crippen molar-refractivity contribution in [2.75, 3.05) is 19.3 Å². The Balaban J connectivity index is 3.29. The van der Waals surface area contributed by atoms with Gasteiger partial charge in [-0.2, -0.15) is 0 Å². The number of hydrogen-bond donors (Lipinski definition) is 2. The van der Waals surface area contributed by atoms with Crippen LogP contribution in [0.1, 0.15) is 0 Å². The van der Waals surface area contributed by atoms with Crippen molar-refractivity contribution in [2.24, 2.45) is 0 Å². The first-order valence-electron chi connectivity index (χ1n) is 2.68. The molecule has 0 aliphatic carbocycles. The Morgan fingerprint density at radius 3 is 2.40 bits per heavy atom. The Morgan fingerprint density at radius 2 is 2.00 bits per heavy atom. The van der Waals surface area contributed by atoms with Crippen LogP contribution in [0.25, 0.3) is 0 Å². The molecule has 0 aromatic heterocycles. The van der Waals surface area contributed by atoms with Crippen LogP contribution in [-0.4, -0.2) is 34.2 Å². The predicted octanol–water partition coefficient (Wildman–Crippen LogP) is -1.72. The van der Waals surface area contributed by atoms with E-state index in [2.05, 4.69) is 10.0 Å². The van der Waals surface area contributed by atoms with E-state index in [0.717, 1.165) is 6.26 Å². The molecule has 60 valence electrons. The highest BCUT2D eigenvalue weighted by Crippen LogP contribution is 1.69. The van der Waals surface area contributed by atoms with Gasteiger partial charge < -0.3 is 5.32 Å². The Morgan fingerprint density at radius 1 is 1.40 bits per heavy atom. The smallest absolute Gasteiger partial charge is 0.208 e. The van der Waals surface area contributed by atoms with Gasteiger partial charge in [-0.25, -0.2) is 13.1 Å². The summed E-state index contributed by atoms with van der Waals surface area (Å²) in [5, 5.41) is 2.31. The van der Waals surface area contributed by atoms with Crippen molar-refractivity contribution < 1.29 is 13.2 Å². The maximum absolute atomic E-state index is 10.4. The monoisotopic (exact) mass is 166 g/mol. The van der Waals surface area contributed by atoms with Gasteiger partial charge in [0.15, 0.2) is 0 Å². The first-order valence-corrected chi connectivity index (χ1v) is 4.57. The molecule has 0 aliphatic heterocycles. The van der Waals surface area contributed by atoms with E-state index in [-0.39, 0.29) is 6.54 Å². The lowest BCUT2D eigenvalue weighted by atomic mass is 10.7. The van der Waals surface area contributed by atoms with Crippen LogP contribution in [-0.2, 0) is 14.8 Å². The summed E-state index contributed by atoms with van der Waals surface area (Å²) < 4.78 is 22.9. The number of sulfonamides is 1. The lowest BCUT2D eigenvalue weighted by Gasteiger charge is -1.99. The van der Waals surface area contributed by atoms with E-state index in [1.54, 1.807) is 0 Å². The second-order valence-electron chi connectivity index (χ2n) is 1.74. The van der Waals surface area contributed by atoms with Crippen LogP contribution in [0.5, 0.6) is 0 Å². The van der Waals surface area contributed by atoms with E-state index >= 15 is 0 Å². The number of hydrogen-bond acceptors (Lipinski definition) is 3. The van der Waals surface area contributed by atoms with E-state index in [0.29, 0.717) is 13.0 Å². The Kier molecular flexibility index (Phi) is 3.97. The van der Waals surface area contributed by atoms with E-state index < -0.39 is 10.0 Å². The van der Waals surface area contributed by atoms with Crippen LogP contribution >= 0.6 is 0 Å². The summed E-state index contributed by atoms with van der Waals surface area (Å²) in [5.41, 5.74) is 0. The molecule has 5 nitrogen and oxygen atoms in total. The number of carbonyl (C=O) groups is 1. The Hall–Kier alpha value is -0.620. The summed E-state index contributed by atoms with van der Waals surface area (Å²) >= 11 is 0. The summed E-state index contributed by atoms with van der Waals surface area (Å²) in [6, 6.07) is 0. The zero-order chi connectivity index (χ0) is 8.04. The minimum absolute atomic E-state index is 0.234. The van der Waals surface area contributed by atoms with Crippen LogP contribution in [0.2, 0.25) is 0 Å². The molecule has 0 bridgehead atoms. The molecule has 0 heterocycles. The maximum Gasteiger partial charge on any atom is 0.208 e. The van der Waals surface area contributed by atoms with Gasteiger partial charge in [0.05, 0.1) is 6.26 Å². The molecule has 0 aromatic rings. The highest BCUT2D eigenvalue weighted by atomic mass is 32.2. The van der Waals surface area contributed by atoms with Crippen molar-refractivity contribution in [3.05, 3.63) is 0 Å². The van der Waals surface area contributed by atoms with E-state index in [1.165, 1.54) is 0 Å². The van der Waals surface area contributed by atoms with Crippen molar-refractivity contribution >= 4 is 16.4 Å². The van der Waals surface area contributed by atoms with Crippen molar-refractivity contribution in [2.45, 2.75) is 0 Å². The molecular weight excluding hydrogens is 156 g/mol. The second-order valence-corrected chi connectivity index (χ2v) is 3.57. The van der Waals surface area contributed by atoms with Crippen LogP contribution in [0.4, 0.5) is 0 Å². The zero-order valence-electron chi connectivity index (χ0n) is 5.62. The average Bonchev–Trinajstić information content (AvgIpc) is 1.78. The number of carbonyl (C=O) groups excluding carboxylic acids is 1. The fraction of sp³-hybridized carbons (Fsp3) is 0.750. The SMILES string of the molecule is CS(=O)(=O)NCCNC=O. The first kappa shape index (κ1) is 9.38. The molecule has 0 aliphatic rings. The summed E-state index contributed by atoms with van der Waals surface area (Å²) in [6.45, 7) is 0.550. The second kappa shape index (κ2) is 4.24. The summed E-state index contributed by atoms with van der Waals surface area (Å²) in [6.07, 6.45) is 1.58. The van der Waals surface area contributed by atoms with Gasteiger partial charge in [-0.1, -0.05) is 0 Å². The van der Waals surface area contributed by atoms with Gasteiger partial charge in [0.1, 0.15) is 0 Å². The third-order valence-corrected chi connectivity index (χ3v) is 1.45. The molecule has 1 amide bonds. The van der Waals surface area contributed by atoms with Gasteiger partial charge >= 0.3 is 0 Å². The highest BCUT2D eigenvalue weighted by Gasteiger charge is 1.96. The summed E-state index contributed by atoms with van der Waals surface area (Å²) in [4.78, 5) is 9.64. The van der Waals surface area contributed by atoms with Crippen molar-refractivity contribution in [3.63, 3.8) is 0 Å². The first-order chi connectivity index (χ1) is 4.56. The molecule has 6 heteroatoms. The van der Waals surface area contributed by atoms with Gasteiger partial charge in [0.25, 0.3) is 0 Å². The number of nitrogens with one attached hydrogen (secondary N) is 2. The van der Waals surface area contributed by atoms with Crippen molar-refractivity contribution in [3.8, 4) is 0 Å². The minimum atomic E-state index is -3.11. The molecule has 10 heavy (non-hydrogen) atoms. The lowest BCUT2D eigenvalue weighted by Crippen LogP contribution is -2.30. The van der Waals surface area contributed by atoms with E-state index in [4.69, 9.17) is 0 Å². The molecule has 0 rings (SSSR count). The third-order valence-electron chi connectivity index (χ3n) is 0.717. The van der Waals surface area contributed by atoms with E-state index in [1.807, 2.05) is 0 Å². The van der Waals surface area contributed by atoms with Crippen LogP contribution in [0.3, 0.4) is 0 Å². The fourth-order valence-electron chi connectivity index (χ4n) is 0.368. The molecule has 0 saturated heterocycles. The number of amides is 1. The lowest BCUT2D eigenvalue weighted by molar-refractivity contribution is -0.109. The molecular formula is C4H10N2O3S. The highest BCUT2D eigenvalue weighted by molar-refractivity contribution is 7.88. The summed E-state index contributed by atoms with van der Waals surface area (Å²) in [7, 11) is -3.11. The van der Waals surface area contributed by atoms with Crippen LogP contribution in [0.15, 0.2) is 0 Å². The molecule has 2 N–H and O–H groups in total. The standard InChI is InChI=1S/C4H10N2O3S/c1-10(8,9)6-3-2-5-4-7/h4,6H,2-3H2,1H3,(H,5,7). The average molecular weight is 166 g/mol. The van der Waals surface area contributed by atoms with Gasteiger partial charge in [-0.3, -0.25) is 4.79 Å². The molecule has 0 aromatic carbocycles. The van der Waals surface area contributed by atoms with Crippen LogP contribution in [0, 0.1) is 0 Å². The van der Waals surface area contributed by atoms with Gasteiger partial charge in [-0.05, 0) is 0 Å². The van der Waals surface area contributed by atoms with Gasteiger partial charge in [-0.15, -0.1) is 0 Å². The fourth-order valence-corrected chi connectivity index (χ4v) is 0.840. The molecule has 0 unspecified atom stereocenters. The molecule has 0 spiro atoms. The van der Waals surface area contributed by atoms with Gasteiger partial charge in [0.2, 0.25) is 16.4 Å². The topological polar surface area (TPSA) is 75.3 Å². The number of rotatable bonds is 5. The van der Waals surface area contributed by atoms with Crippen molar-refractivity contribution in [1.82, 2.24) is 10.0 Å². The Labute approximate surface area is 59.9 Å². The molecule has 0 atom stereocenters. The predicted molar refractivity (Wildman–Crippen MR) is 36.9 cm³/mol. The Bertz CT molecular complexity index is 187. The largest absolute Gasteiger partial charge is 0.357 e. The summed E-state index contributed by atoms with van der Waals surface area (Å²) in [5.74, 6) is 0. The molecule has 0 saturated carbocycles. The van der Waals surface area contributed by atoms with Crippen molar-refractivity contribution in [1.29, 1.82) is 0 Å². The zero-order valence-corrected chi connectivity index (χ0v) is 6.44. The van der Waals surface area contributed by atoms with Crippen LogP contribution < -0.4 is 10.0 Å². The molecule has 0 fully saturated rings. The molecule has 0 radical (unpaired) electrons. The van der Waals surface area contributed by atoms with E-state index in [9.17, 15) is 13.2 Å². The third kappa shape index (κ3) is 7.38. The maximum atomic E-state index is 10.4. The quantitative estimate of drug-likeness (QED) is 0.377.